The second-order valence-electron chi connectivity index (χ2n) is 6.09. The molecule has 3 rings (SSSR count). The van der Waals surface area contributed by atoms with Gasteiger partial charge in [-0.15, -0.1) is 0 Å². The Morgan fingerprint density at radius 2 is 1.52 bits per heavy atom. The quantitative estimate of drug-likeness (QED) is 0.610. The van der Waals surface area contributed by atoms with Crippen LogP contribution in [-0.2, 0) is 11.3 Å². The summed E-state index contributed by atoms with van der Waals surface area (Å²) in [5.41, 5.74) is 0.742. The standard InChI is InChI=1S/C19H19N3O5/c23-18(16-8-4-5-9-17(16)22(25)26)20-10-12-21(13-11-20)19(24)27-14-15-6-2-1-3-7-15/h1-9H,10-14H2. The summed E-state index contributed by atoms with van der Waals surface area (Å²) in [6.07, 6.45) is -0.434. The van der Waals surface area contributed by atoms with Crippen molar-refractivity contribution < 1.29 is 19.2 Å². The number of ether oxygens (including phenoxy) is 1. The molecule has 0 bridgehead atoms. The van der Waals surface area contributed by atoms with Gasteiger partial charge in [0.15, 0.2) is 0 Å². The molecule has 8 heteroatoms. The maximum atomic E-state index is 12.6. The third-order valence-electron chi connectivity index (χ3n) is 4.36. The third-order valence-corrected chi connectivity index (χ3v) is 4.36. The number of nitrogens with zero attached hydrogens (tertiary/aromatic N) is 3. The Kier molecular flexibility index (Phi) is 5.65. The molecule has 0 radical (unpaired) electrons. The average Bonchev–Trinajstić information content (AvgIpc) is 2.72. The van der Waals surface area contributed by atoms with Gasteiger partial charge >= 0.3 is 6.09 Å². The van der Waals surface area contributed by atoms with Crippen molar-refractivity contribution in [2.24, 2.45) is 0 Å². The van der Waals surface area contributed by atoms with Crippen molar-refractivity contribution in [3.63, 3.8) is 0 Å². The number of piperazine rings is 1. The van der Waals surface area contributed by atoms with Gasteiger partial charge in [-0.2, -0.15) is 0 Å². The zero-order valence-corrected chi connectivity index (χ0v) is 14.6. The predicted molar refractivity (Wildman–Crippen MR) is 97.2 cm³/mol. The Balaban J connectivity index is 1.55. The van der Waals surface area contributed by atoms with E-state index in [-0.39, 0.29) is 17.9 Å². The van der Waals surface area contributed by atoms with Gasteiger partial charge < -0.3 is 14.5 Å². The van der Waals surface area contributed by atoms with Gasteiger partial charge in [0.05, 0.1) is 4.92 Å². The largest absolute Gasteiger partial charge is 0.445 e. The van der Waals surface area contributed by atoms with Crippen LogP contribution in [0.1, 0.15) is 15.9 Å². The van der Waals surface area contributed by atoms with E-state index in [1.54, 1.807) is 6.07 Å². The number of benzene rings is 2. The van der Waals surface area contributed by atoms with Gasteiger partial charge in [-0.3, -0.25) is 14.9 Å². The van der Waals surface area contributed by atoms with Gasteiger partial charge in [-0.1, -0.05) is 42.5 Å². The summed E-state index contributed by atoms with van der Waals surface area (Å²) in [7, 11) is 0. The van der Waals surface area contributed by atoms with Crippen LogP contribution in [0.3, 0.4) is 0 Å². The number of carbonyl (C=O) groups excluding carboxylic acids is 2. The van der Waals surface area contributed by atoms with Gasteiger partial charge in [-0.25, -0.2) is 4.79 Å². The smallest absolute Gasteiger partial charge is 0.410 e. The van der Waals surface area contributed by atoms with E-state index in [0.717, 1.165) is 5.56 Å². The first-order chi connectivity index (χ1) is 13.1. The molecule has 0 aliphatic carbocycles. The molecular formula is C19H19N3O5. The molecule has 1 fully saturated rings. The first kappa shape index (κ1) is 18.4. The summed E-state index contributed by atoms with van der Waals surface area (Å²) in [6.45, 7) is 1.42. The normalized spacial score (nSPS) is 13.9. The number of hydrogen-bond donors (Lipinski definition) is 0. The van der Waals surface area contributed by atoms with E-state index in [0.29, 0.717) is 26.2 Å². The maximum Gasteiger partial charge on any atom is 0.410 e. The van der Waals surface area contributed by atoms with Crippen LogP contribution in [0.2, 0.25) is 0 Å². The lowest BCUT2D eigenvalue weighted by Crippen LogP contribution is -2.50. The molecule has 140 valence electrons. The molecule has 2 aromatic rings. The molecule has 1 heterocycles. The molecule has 2 amide bonds. The van der Waals surface area contributed by atoms with Crippen LogP contribution in [-0.4, -0.2) is 52.9 Å². The lowest BCUT2D eigenvalue weighted by Gasteiger charge is -2.34. The summed E-state index contributed by atoms with van der Waals surface area (Å²) in [5.74, 6) is -0.403. The first-order valence-electron chi connectivity index (χ1n) is 8.54. The minimum Gasteiger partial charge on any atom is -0.445 e. The van der Waals surface area contributed by atoms with Gasteiger partial charge in [0.25, 0.3) is 11.6 Å². The van der Waals surface area contributed by atoms with Crippen LogP contribution in [0.15, 0.2) is 54.6 Å². The highest BCUT2D eigenvalue weighted by Gasteiger charge is 2.29. The fourth-order valence-electron chi connectivity index (χ4n) is 2.89. The fraction of sp³-hybridized carbons (Fsp3) is 0.263. The average molecular weight is 369 g/mol. The molecule has 1 aliphatic heterocycles. The molecular weight excluding hydrogens is 350 g/mol. The fourth-order valence-corrected chi connectivity index (χ4v) is 2.89. The van der Waals surface area contributed by atoms with Crippen LogP contribution in [0.4, 0.5) is 10.5 Å². The Morgan fingerprint density at radius 1 is 0.926 bits per heavy atom. The van der Waals surface area contributed by atoms with E-state index in [1.807, 2.05) is 30.3 Å². The number of amides is 2. The Labute approximate surface area is 156 Å². The Bertz CT molecular complexity index is 832. The minimum atomic E-state index is -0.565. The number of rotatable bonds is 4. The molecule has 1 aliphatic rings. The number of nitro benzene ring substituents is 1. The van der Waals surface area contributed by atoms with Crippen LogP contribution < -0.4 is 0 Å². The number of para-hydroxylation sites is 1. The zero-order valence-electron chi connectivity index (χ0n) is 14.6. The Morgan fingerprint density at radius 3 is 2.19 bits per heavy atom. The van der Waals surface area contributed by atoms with Crippen molar-refractivity contribution in [1.29, 1.82) is 0 Å². The van der Waals surface area contributed by atoms with Crippen molar-refractivity contribution in [2.75, 3.05) is 26.2 Å². The number of hydrogen-bond acceptors (Lipinski definition) is 5. The van der Waals surface area contributed by atoms with E-state index in [1.165, 1.54) is 28.0 Å². The van der Waals surface area contributed by atoms with E-state index in [2.05, 4.69) is 0 Å². The van der Waals surface area contributed by atoms with Crippen molar-refractivity contribution in [2.45, 2.75) is 6.61 Å². The SMILES string of the molecule is O=C(OCc1ccccc1)N1CCN(C(=O)c2ccccc2[N+](=O)[O-])CC1. The zero-order chi connectivity index (χ0) is 19.2. The van der Waals surface area contributed by atoms with Crippen LogP contribution in [0.5, 0.6) is 0 Å². The maximum absolute atomic E-state index is 12.6. The first-order valence-corrected chi connectivity index (χ1v) is 8.54. The monoisotopic (exact) mass is 369 g/mol. The minimum absolute atomic E-state index is 0.0580. The molecule has 0 N–H and O–H groups in total. The van der Waals surface area contributed by atoms with Gasteiger partial charge in [0.2, 0.25) is 0 Å². The molecule has 27 heavy (non-hydrogen) atoms. The lowest BCUT2D eigenvalue weighted by atomic mass is 10.1. The molecule has 8 nitrogen and oxygen atoms in total. The highest BCUT2D eigenvalue weighted by atomic mass is 16.6. The van der Waals surface area contributed by atoms with Crippen molar-refractivity contribution in [1.82, 2.24) is 9.80 Å². The van der Waals surface area contributed by atoms with E-state index in [4.69, 9.17) is 4.74 Å². The van der Waals surface area contributed by atoms with E-state index < -0.39 is 16.9 Å². The lowest BCUT2D eigenvalue weighted by molar-refractivity contribution is -0.385. The third kappa shape index (κ3) is 4.41. The second kappa shape index (κ2) is 8.31. The van der Waals surface area contributed by atoms with Crippen LogP contribution in [0.25, 0.3) is 0 Å². The second-order valence-corrected chi connectivity index (χ2v) is 6.09. The predicted octanol–water partition coefficient (Wildman–Crippen LogP) is 2.69. The molecule has 2 aromatic carbocycles. The van der Waals surface area contributed by atoms with Gasteiger partial charge in [0, 0.05) is 32.2 Å². The topological polar surface area (TPSA) is 93.0 Å². The summed E-state index contributed by atoms with van der Waals surface area (Å²) in [5, 5.41) is 11.1. The van der Waals surface area contributed by atoms with Crippen LogP contribution >= 0.6 is 0 Å². The summed E-state index contributed by atoms with van der Waals surface area (Å²) >= 11 is 0. The van der Waals surface area contributed by atoms with Crippen LogP contribution in [0, 0.1) is 10.1 Å². The molecule has 1 saturated heterocycles. The number of nitro groups is 1. The van der Waals surface area contributed by atoms with Crippen molar-refractivity contribution >= 4 is 17.7 Å². The summed E-state index contributed by atoms with van der Waals surface area (Å²) in [6, 6.07) is 15.2. The van der Waals surface area contributed by atoms with Crippen molar-refractivity contribution in [3.8, 4) is 0 Å². The van der Waals surface area contributed by atoms with Crippen molar-refractivity contribution in [3.05, 3.63) is 75.8 Å². The summed E-state index contributed by atoms with van der Waals surface area (Å²) < 4.78 is 5.29. The van der Waals surface area contributed by atoms with E-state index >= 15 is 0 Å². The van der Waals surface area contributed by atoms with E-state index in [9.17, 15) is 19.7 Å². The molecule has 0 aromatic heterocycles. The highest BCUT2D eigenvalue weighted by molar-refractivity contribution is 5.98. The highest BCUT2D eigenvalue weighted by Crippen LogP contribution is 2.20. The molecule has 0 unspecified atom stereocenters. The Hall–Kier alpha value is -3.42. The van der Waals surface area contributed by atoms with Gasteiger partial charge in [-0.05, 0) is 11.6 Å². The number of carbonyl (C=O) groups is 2. The molecule has 0 spiro atoms. The molecule has 0 atom stereocenters. The van der Waals surface area contributed by atoms with Gasteiger partial charge in [0.1, 0.15) is 12.2 Å². The summed E-state index contributed by atoms with van der Waals surface area (Å²) in [4.78, 5) is 38.4. The molecule has 0 saturated carbocycles.